The first-order valence-corrected chi connectivity index (χ1v) is 8.04. The summed E-state index contributed by atoms with van der Waals surface area (Å²) in [4.78, 5) is 30.7. The summed E-state index contributed by atoms with van der Waals surface area (Å²) >= 11 is 4.71. The van der Waals surface area contributed by atoms with Crippen molar-refractivity contribution in [3.8, 4) is 0 Å². The predicted molar refractivity (Wildman–Crippen MR) is 113 cm³/mol. The van der Waals surface area contributed by atoms with Crippen LogP contribution in [-0.2, 0) is 33.3 Å². The number of esters is 2. The van der Waals surface area contributed by atoms with Gasteiger partial charge in [-0.2, -0.15) is 0 Å². The van der Waals surface area contributed by atoms with Gasteiger partial charge in [-0.1, -0.05) is 34.6 Å². The van der Waals surface area contributed by atoms with Crippen molar-refractivity contribution in [2.45, 2.75) is 14.9 Å². The van der Waals surface area contributed by atoms with Crippen LogP contribution < -0.4 is 0 Å². The van der Waals surface area contributed by atoms with Crippen LogP contribution in [0.5, 0.6) is 0 Å². The van der Waals surface area contributed by atoms with Crippen LogP contribution in [0.1, 0.15) is 14.9 Å². The topological polar surface area (TPSA) is 129 Å². The van der Waals surface area contributed by atoms with Gasteiger partial charge in [0.25, 0.3) is 0 Å². The second-order valence-electron chi connectivity index (χ2n) is 3.92. The third-order valence-electron chi connectivity index (χ3n) is 1.91. The Hall–Kier alpha value is -2.04. The number of aliphatic hydroxyl groups excluding tert-OH is 2. The number of allylic oxidation sites excluding steroid dienone is 1. The van der Waals surface area contributed by atoms with Gasteiger partial charge in [-0.3, -0.25) is 4.79 Å². The van der Waals surface area contributed by atoms with Crippen molar-refractivity contribution < 1.29 is 43.5 Å². The van der Waals surface area contributed by atoms with Crippen LogP contribution in [0.15, 0.2) is 38.0 Å². The smallest absolute Gasteiger partial charge is 0.330 e. The van der Waals surface area contributed by atoms with Crippen molar-refractivity contribution in [3.05, 3.63) is 38.0 Å². The molecule has 172 valence electrons. The van der Waals surface area contributed by atoms with Crippen LogP contribution in [0.2, 0.25) is 0 Å². The van der Waals surface area contributed by atoms with Crippen LogP contribution in [0.4, 0.5) is 0 Å². The molecule has 29 heavy (non-hydrogen) atoms. The van der Waals surface area contributed by atoms with E-state index in [1.165, 1.54) is 0 Å². The van der Waals surface area contributed by atoms with Crippen LogP contribution in [0, 0.1) is 0 Å². The highest BCUT2D eigenvalue weighted by atomic mass is 35.5. The summed E-state index contributed by atoms with van der Waals surface area (Å²) in [5.41, 5.74) is 0. The number of rotatable bonds is 13. The molecule has 0 aromatic carbocycles. The lowest BCUT2D eigenvalue weighted by atomic mass is 10.6. The van der Waals surface area contributed by atoms with E-state index in [2.05, 4.69) is 29.2 Å². The monoisotopic (exact) mass is 442 g/mol. The van der Waals surface area contributed by atoms with Gasteiger partial charge >= 0.3 is 11.9 Å². The molecule has 0 bridgehead atoms. The molecule has 0 atom stereocenters. The summed E-state index contributed by atoms with van der Waals surface area (Å²) in [7, 11) is 0. The van der Waals surface area contributed by atoms with Crippen molar-refractivity contribution in [1.29, 1.82) is 0 Å². The maximum atomic E-state index is 10.6. The Morgan fingerprint density at radius 3 is 1.17 bits per heavy atom. The second-order valence-corrected chi connectivity index (χ2v) is 4.30. The summed E-state index contributed by atoms with van der Waals surface area (Å²) in [5.74, 6) is -0.947. The van der Waals surface area contributed by atoms with Crippen molar-refractivity contribution in [1.82, 2.24) is 0 Å². The quantitative estimate of drug-likeness (QED) is 0.189. The molecule has 2 N–H and O–H groups in total. The molecular formula is C19H35ClO9. The van der Waals surface area contributed by atoms with Gasteiger partial charge in [0, 0.05) is 12.2 Å². The zero-order valence-electron chi connectivity index (χ0n) is 15.1. The minimum atomic E-state index is -0.509. The molecule has 0 fully saturated rings. The Labute approximate surface area is 178 Å². The minimum Gasteiger partial charge on any atom is -0.460 e. The summed E-state index contributed by atoms with van der Waals surface area (Å²) in [6.45, 7) is 11.1. The standard InChI is InChI=1S/C12H18O6.C3H3ClO.C2H6O2.2CH4/c1-3-11(13)17-9-7-15-5-6-16-8-10-18-12(14)4-2;1-2-3(4)5;3-1-2-4;;/h3-4H,1-2,5-10H2;2H,1H2;3-4H,1-2H2;2*1H4. The fourth-order valence-corrected chi connectivity index (χ4v) is 0.842. The summed E-state index contributed by atoms with van der Waals surface area (Å²) < 4.78 is 19.6. The SMILES string of the molecule is C.C.C=CC(=O)Cl.C=CC(=O)OCCOCCOCCOC(=O)C=C.OCCO. The zero-order chi connectivity index (χ0) is 21.3. The van der Waals surface area contributed by atoms with E-state index in [0.717, 1.165) is 18.2 Å². The number of hydrogen-bond donors (Lipinski definition) is 2. The van der Waals surface area contributed by atoms with Crippen molar-refractivity contribution in [2.24, 2.45) is 0 Å². The van der Waals surface area contributed by atoms with E-state index in [4.69, 9.17) is 31.3 Å². The lowest BCUT2D eigenvalue weighted by Crippen LogP contribution is -2.13. The largest absolute Gasteiger partial charge is 0.460 e. The molecule has 0 aromatic heterocycles. The third kappa shape index (κ3) is 46.2. The highest BCUT2D eigenvalue weighted by Gasteiger charge is 1.96. The van der Waals surface area contributed by atoms with E-state index in [9.17, 15) is 14.4 Å². The van der Waals surface area contributed by atoms with Gasteiger partial charge in [-0.15, -0.1) is 0 Å². The van der Waals surface area contributed by atoms with Crippen LogP contribution in [-0.4, -0.2) is 80.2 Å². The Bertz CT molecular complexity index is 396. The molecular weight excluding hydrogens is 408 g/mol. The van der Waals surface area contributed by atoms with Crippen LogP contribution in [0.3, 0.4) is 0 Å². The van der Waals surface area contributed by atoms with Gasteiger partial charge in [0.1, 0.15) is 13.2 Å². The molecule has 0 amide bonds. The first kappa shape index (κ1) is 37.7. The van der Waals surface area contributed by atoms with E-state index in [1.54, 1.807) is 0 Å². The van der Waals surface area contributed by atoms with Gasteiger partial charge < -0.3 is 29.2 Å². The Kier molecular flexibility index (Phi) is 43.6. The Morgan fingerprint density at radius 2 is 0.966 bits per heavy atom. The molecule has 10 heteroatoms. The molecule has 0 unspecified atom stereocenters. The Balaban J connectivity index is -0.000000147. The number of carbonyl (C=O) groups excluding carboxylic acids is 3. The van der Waals surface area contributed by atoms with Crippen LogP contribution >= 0.6 is 11.6 Å². The fraction of sp³-hybridized carbons (Fsp3) is 0.526. The molecule has 0 aliphatic carbocycles. The average Bonchev–Trinajstić information content (AvgIpc) is 2.69. The highest BCUT2D eigenvalue weighted by Crippen LogP contribution is 1.84. The highest BCUT2D eigenvalue weighted by molar-refractivity contribution is 6.66. The molecule has 0 aliphatic rings. The fourth-order valence-electron chi connectivity index (χ4n) is 0.842. The average molecular weight is 443 g/mol. The Morgan fingerprint density at radius 1 is 0.690 bits per heavy atom. The lowest BCUT2D eigenvalue weighted by Gasteiger charge is -2.06. The number of aliphatic hydroxyl groups is 2. The normalized spacial score (nSPS) is 8.10. The molecule has 0 heterocycles. The van der Waals surface area contributed by atoms with Crippen molar-refractivity contribution >= 4 is 28.8 Å². The molecule has 0 rings (SSSR count). The molecule has 0 saturated carbocycles. The van der Waals surface area contributed by atoms with Crippen molar-refractivity contribution in [3.63, 3.8) is 0 Å². The maximum Gasteiger partial charge on any atom is 0.330 e. The number of hydrogen-bond acceptors (Lipinski definition) is 9. The number of halogens is 1. The van der Waals surface area contributed by atoms with Crippen molar-refractivity contribution in [2.75, 3.05) is 52.9 Å². The summed E-state index contributed by atoms with van der Waals surface area (Å²) in [6.07, 6.45) is 3.23. The summed E-state index contributed by atoms with van der Waals surface area (Å²) in [5, 5.41) is 14.7. The zero-order valence-corrected chi connectivity index (χ0v) is 15.9. The minimum absolute atomic E-state index is 0. The van der Waals surface area contributed by atoms with E-state index in [0.29, 0.717) is 26.4 Å². The van der Waals surface area contributed by atoms with Gasteiger partial charge in [0.05, 0.1) is 39.6 Å². The first-order chi connectivity index (χ1) is 12.9. The predicted octanol–water partition coefficient (Wildman–Crippen LogP) is 1.66. The van der Waals surface area contributed by atoms with E-state index in [-0.39, 0.29) is 41.3 Å². The molecule has 0 radical (unpaired) electrons. The van der Waals surface area contributed by atoms with E-state index in [1.807, 2.05) is 0 Å². The number of carbonyl (C=O) groups is 3. The molecule has 9 nitrogen and oxygen atoms in total. The van der Waals surface area contributed by atoms with E-state index >= 15 is 0 Å². The molecule has 0 spiro atoms. The maximum absolute atomic E-state index is 10.6. The summed E-state index contributed by atoms with van der Waals surface area (Å²) in [6, 6.07) is 0. The first-order valence-electron chi connectivity index (χ1n) is 7.66. The molecule has 0 saturated heterocycles. The van der Waals surface area contributed by atoms with Gasteiger partial charge in [0.15, 0.2) is 0 Å². The third-order valence-corrected chi connectivity index (χ3v) is 2.06. The van der Waals surface area contributed by atoms with Gasteiger partial charge in [-0.05, 0) is 17.7 Å². The van der Waals surface area contributed by atoms with E-state index < -0.39 is 17.2 Å². The van der Waals surface area contributed by atoms with Crippen LogP contribution in [0.25, 0.3) is 0 Å². The van der Waals surface area contributed by atoms with Gasteiger partial charge in [-0.25, -0.2) is 9.59 Å². The number of ether oxygens (including phenoxy) is 4. The second kappa shape index (κ2) is 33.5. The molecule has 0 aromatic rings. The lowest BCUT2D eigenvalue weighted by molar-refractivity contribution is -0.141. The molecule has 0 aliphatic heterocycles. The van der Waals surface area contributed by atoms with Gasteiger partial charge in [0.2, 0.25) is 5.24 Å².